The van der Waals surface area contributed by atoms with E-state index in [0.29, 0.717) is 33.4 Å². The number of anilines is 1. The fraction of sp³-hybridized carbons (Fsp3) is 0.333. The lowest BCUT2D eigenvalue weighted by Crippen LogP contribution is -2.28. The average Bonchev–Trinajstić information content (AvgIpc) is 3.32. The number of nitrogens with one attached hydrogen (secondary N) is 2. The van der Waals surface area contributed by atoms with E-state index in [1.54, 1.807) is 31.5 Å². The summed E-state index contributed by atoms with van der Waals surface area (Å²) >= 11 is 1.25. The molecule has 3 amide bonds. The summed E-state index contributed by atoms with van der Waals surface area (Å²) in [4.78, 5) is 30.8. The lowest BCUT2D eigenvalue weighted by Gasteiger charge is -2.16. The zero-order valence-electron chi connectivity index (χ0n) is 17.7. The first-order valence-electron chi connectivity index (χ1n) is 9.70. The van der Waals surface area contributed by atoms with Gasteiger partial charge in [0, 0.05) is 24.9 Å². The number of carbonyl (C=O) groups is 2. The van der Waals surface area contributed by atoms with E-state index in [-0.39, 0.29) is 30.7 Å². The molecule has 0 unspecified atom stereocenters. The van der Waals surface area contributed by atoms with E-state index in [9.17, 15) is 14.0 Å². The maximum atomic E-state index is 13.2. The Bertz CT molecular complexity index is 1080. The number of rotatable bonds is 7. The quantitative estimate of drug-likeness (QED) is 0.565. The minimum Gasteiger partial charge on any atom is -0.360 e. The molecule has 0 bridgehead atoms. The van der Waals surface area contributed by atoms with Crippen molar-refractivity contribution in [3.05, 3.63) is 63.7 Å². The highest BCUT2D eigenvalue weighted by atomic mass is 32.1. The summed E-state index contributed by atoms with van der Waals surface area (Å²) in [7, 11) is 1.68. The molecule has 0 atom stereocenters. The van der Waals surface area contributed by atoms with Gasteiger partial charge in [0.05, 0.1) is 17.9 Å². The molecule has 0 fully saturated rings. The van der Waals surface area contributed by atoms with Gasteiger partial charge in [-0.25, -0.2) is 14.2 Å². The second kappa shape index (κ2) is 9.69. The maximum Gasteiger partial charge on any atom is 0.321 e. The summed E-state index contributed by atoms with van der Waals surface area (Å²) < 4.78 is 18.5. The monoisotopic (exact) mass is 445 g/mol. The molecule has 0 aliphatic rings. The van der Waals surface area contributed by atoms with Crippen molar-refractivity contribution < 1.29 is 18.5 Å². The topological polar surface area (TPSA) is 100 Å². The minimum atomic E-state index is -0.448. The van der Waals surface area contributed by atoms with Crippen molar-refractivity contribution in [2.45, 2.75) is 39.8 Å². The van der Waals surface area contributed by atoms with Gasteiger partial charge in [-0.3, -0.25) is 10.1 Å². The number of aromatic nitrogens is 2. The smallest absolute Gasteiger partial charge is 0.321 e. The van der Waals surface area contributed by atoms with Crippen LogP contribution in [0, 0.1) is 12.7 Å². The Labute approximate surface area is 183 Å². The highest BCUT2D eigenvalue weighted by molar-refractivity contribution is 7.13. The van der Waals surface area contributed by atoms with Gasteiger partial charge in [0.2, 0.25) is 0 Å². The van der Waals surface area contributed by atoms with Crippen molar-refractivity contribution in [2.24, 2.45) is 0 Å². The Balaban J connectivity index is 1.56. The summed E-state index contributed by atoms with van der Waals surface area (Å²) in [5.41, 5.74) is 2.32. The highest BCUT2D eigenvalue weighted by Gasteiger charge is 2.25. The Kier molecular flexibility index (Phi) is 7.01. The SMILES string of the molecule is Cc1noc(C(C)C)c1C(=O)N(C)Cc1csc(NC(=O)NCc2cccc(F)c2)n1. The van der Waals surface area contributed by atoms with E-state index >= 15 is 0 Å². The van der Waals surface area contributed by atoms with Gasteiger partial charge < -0.3 is 14.7 Å². The summed E-state index contributed by atoms with van der Waals surface area (Å²) in [5, 5.41) is 11.4. The van der Waals surface area contributed by atoms with Crippen molar-refractivity contribution in [3.8, 4) is 0 Å². The van der Waals surface area contributed by atoms with Gasteiger partial charge in [-0.05, 0) is 24.6 Å². The molecule has 10 heteroatoms. The van der Waals surface area contributed by atoms with E-state index in [2.05, 4.69) is 20.8 Å². The standard InChI is InChI=1S/C21H24FN5O3S/c1-12(2)18-17(13(3)26-30-18)19(28)27(4)10-16-11-31-21(24-16)25-20(29)23-9-14-6-5-7-15(22)8-14/h5-8,11-12H,9-10H2,1-4H3,(H2,23,24,25,29). The number of amides is 3. The fourth-order valence-corrected chi connectivity index (χ4v) is 3.65. The van der Waals surface area contributed by atoms with Crippen molar-refractivity contribution in [1.82, 2.24) is 20.4 Å². The number of halogens is 1. The normalized spacial score (nSPS) is 10.9. The third kappa shape index (κ3) is 5.66. The predicted octanol–water partition coefficient (Wildman–Crippen LogP) is 4.30. The molecule has 0 radical (unpaired) electrons. The molecule has 0 aliphatic heterocycles. The number of benzene rings is 1. The number of hydrogen-bond donors (Lipinski definition) is 2. The van der Waals surface area contributed by atoms with Crippen LogP contribution >= 0.6 is 11.3 Å². The Morgan fingerprint density at radius 3 is 2.81 bits per heavy atom. The van der Waals surface area contributed by atoms with Crippen molar-refractivity contribution >= 4 is 28.4 Å². The van der Waals surface area contributed by atoms with Crippen LogP contribution in [0.25, 0.3) is 0 Å². The first kappa shape index (κ1) is 22.4. The Morgan fingerprint density at radius 2 is 2.10 bits per heavy atom. The molecule has 31 heavy (non-hydrogen) atoms. The molecule has 0 aliphatic carbocycles. The molecule has 2 aromatic heterocycles. The summed E-state index contributed by atoms with van der Waals surface area (Å²) in [6.07, 6.45) is 0. The molecule has 164 valence electrons. The molecule has 0 saturated carbocycles. The number of thiazole rings is 1. The predicted molar refractivity (Wildman–Crippen MR) is 115 cm³/mol. The molecular formula is C21H24FN5O3S. The Morgan fingerprint density at radius 1 is 1.32 bits per heavy atom. The number of hydrogen-bond acceptors (Lipinski definition) is 6. The molecule has 0 saturated heterocycles. The van der Waals surface area contributed by atoms with Crippen molar-refractivity contribution in [3.63, 3.8) is 0 Å². The number of aryl methyl sites for hydroxylation is 1. The third-order valence-electron chi connectivity index (χ3n) is 4.49. The van der Waals surface area contributed by atoms with Crippen LogP contribution in [0.4, 0.5) is 14.3 Å². The van der Waals surface area contributed by atoms with Gasteiger partial charge in [-0.2, -0.15) is 0 Å². The number of urea groups is 1. The van der Waals surface area contributed by atoms with Crippen LogP contribution in [0.5, 0.6) is 0 Å². The second-order valence-corrected chi connectivity index (χ2v) is 8.26. The number of carbonyl (C=O) groups excluding carboxylic acids is 2. The zero-order chi connectivity index (χ0) is 22.5. The summed E-state index contributed by atoms with van der Waals surface area (Å²) in [5.74, 6) is 0.0436. The minimum absolute atomic E-state index is 0.0366. The van der Waals surface area contributed by atoms with Crippen LogP contribution in [-0.2, 0) is 13.1 Å². The van der Waals surface area contributed by atoms with E-state index in [0.717, 1.165) is 0 Å². The highest BCUT2D eigenvalue weighted by Crippen LogP contribution is 2.24. The van der Waals surface area contributed by atoms with E-state index in [4.69, 9.17) is 4.52 Å². The van der Waals surface area contributed by atoms with Gasteiger partial charge in [-0.15, -0.1) is 11.3 Å². The summed E-state index contributed by atoms with van der Waals surface area (Å²) in [6, 6.07) is 5.56. The molecule has 1 aromatic carbocycles. The van der Waals surface area contributed by atoms with Crippen molar-refractivity contribution in [1.29, 1.82) is 0 Å². The van der Waals surface area contributed by atoms with Gasteiger partial charge >= 0.3 is 6.03 Å². The van der Waals surface area contributed by atoms with Gasteiger partial charge in [0.1, 0.15) is 11.4 Å². The van der Waals surface area contributed by atoms with Gasteiger partial charge in [0.25, 0.3) is 5.91 Å². The third-order valence-corrected chi connectivity index (χ3v) is 5.29. The van der Waals surface area contributed by atoms with E-state index in [1.807, 2.05) is 13.8 Å². The fourth-order valence-electron chi connectivity index (χ4n) is 2.95. The van der Waals surface area contributed by atoms with Crippen LogP contribution in [0.3, 0.4) is 0 Å². The first-order valence-corrected chi connectivity index (χ1v) is 10.6. The lowest BCUT2D eigenvalue weighted by atomic mass is 10.0. The molecule has 2 N–H and O–H groups in total. The number of nitrogens with zero attached hydrogens (tertiary/aromatic N) is 3. The largest absolute Gasteiger partial charge is 0.360 e. The molecule has 8 nitrogen and oxygen atoms in total. The van der Waals surface area contributed by atoms with E-state index < -0.39 is 6.03 Å². The van der Waals surface area contributed by atoms with Gasteiger partial charge in [-0.1, -0.05) is 31.1 Å². The maximum absolute atomic E-state index is 13.2. The zero-order valence-corrected chi connectivity index (χ0v) is 18.5. The Hall–Kier alpha value is -3.27. The molecular weight excluding hydrogens is 421 g/mol. The van der Waals surface area contributed by atoms with E-state index in [1.165, 1.54) is 28.4 Å². The second-order valence-electron chi connectivity index (χ2n) is 7.40. The lowest BCUT2D eigenvalue weighted by molar-refractivity contribution is 0.0780. The van der Waals surface area contributed by atoms with Crippen LogP contribution in [0.15, 0.2) is 34.2 Å². The van der Waals surface area contributed by atoms with Crippen LogP contribution in [-0.4, -0.2) is 34.0 Å². The average molecular weight is 446 g/mol. The first-order chi connectivity index (χ1) is 14.7. The van der Waals surface area contributed by atoms with Crippen LogP contribution < -0.4 is 10.6 Å². The molecule has 3 rings (SSSR count). The summed E-state index contributed by atoms with van der Waals surface area (Å²) in [6.45, 7) is 6.08. The van der Waals surface area contributed by atoms with Gasteiger partial charge in [0.15, 0.2) is 10.9 Å². The molecule has 0 spiro atoms. The van der Waals surface area contributed by atoms with Crippen LogP contribution in [0.2, 0.25) is 0 Å². The molecule has 3 aromatic rings. The molecule has 2 heterocycles. The van der Waals surface area contributed by atoms with Crippen molar-refractivity contribution in [2.75, 3.05) is 12.4 Å². The van der Waals surface area contributed by atoms with Crippen LogP contribution in [0.1, 0.15) is 52.8 Å².